The van der Waals surface area contributed by atoms with E-state index in [4.69, 9.17) is 8.94 Å². The smallest absolute Gasteiger partial charge is 0.408 e. The lowest BCUT2D eigenvalue weighted by atomic mass is 10.1. The summed E-state index contributed by atoms with van der Waals surface area (Å²) < 4.78 is 11.9. The van der Waals surface area contributed by atoms with Crippen LogP contribution in [-0.2, 0) is 16.0 Å². The molecule has 0 bridgehead atoms. The van der Waals surface area contributed by atoms with Gasteiger partial charge >= 0.3 is 5.76 Å². The minimum Gasteiger partial charge on any atom is -0.408 e. The first-order chi connectivity index (χ1) is 15.0. The van der Waals surface area contributed by atoms with E-state index in [1.54, 1.807) is 24.4 Å². The Hall–Kier alpha value is -4.08. The van der Waals surface area contributed by atoms with Crippen molar-refractivity contribution in [3.8, 4) is 11.5 Å². The number of oxazole rings is 1. The van der Waals surface area contributed by atoms with E-state index >= 15 is 0 Å². The summed E-state index contributed by atoms with van der Waals surface area (Å²) in [7, 11) is 0. The van der Waals surface area contributed by atoms with Gasteiger partial charge in [-0.25, -0.2) is 4.79 Å². The summed E-state index contributed by atoms with van der Waals surface area (Å²) in [5, 5.41) is 6.25. The number of nitrogens with one attached hydrogen (secondary N) is 1. The predicted molar refractivity (Wildman–Crippen MR) is 107 cm³/mol. The highest BCUT2D eigenvalue weighted by atomic mass is 16.5. The van der Waals surface area contributed by atoms with E-state index in [1.165, 1.54) is 4.57 Å². The molecule has 4 heterocycles. The van der Waals surface area contributed by atoms with Gasteiger partial charge in [-0.2, -0.15) is 4.98 Å². The van der Waals surface area contributed by atoms with Gasteiger partial charge in [-0.15, -0.1) is 0 Å². The Kier molecular flexibility index (Phi) is 4.46. The van der Waals surface area contributed by atoms with Crippen LogP contribution in [-0.4, -0.2) is 31.5 Å². The third kappa shape index (κ3) is 3.52. The van der Waals surface area contributed by atoms with Crippen molar-refractivity contribution >= 4 is 22.9 Å². The van der Waals surface area contributed by atoms with E-state index in [0.29, 0.717) is 34.9 Å². The molecule has 31 heavy (non-hydrogen) atoms. The summed E-state index contributed by atoms with van der Waals surface area (Å²) in [6.07, 6.45) is 2.45. The van der Waals surface area contributed by atoms with Crippen molar-refractivity contribution in [1.29, 1.82) is 0 Å². The Morgan fingerprint density at radius 1 is 1.19 bits per heavy atom. The standard InChI is InChI=1S/C21H17N5O5/c1-11-2-4-13(22-10-11)19-24-18(31-25-19)9-12-3-6-16-15(8-12)26(21(29)30-16)14-5-7-17(27)23-20(14)28/h2-4,6,8,10,14H,5,7,9H2,1H3,(H,23,27,28). The largest absolute Gasteiger partial charge is 0.420 e. The first-order valence-corrected chi connectivity index (χ1v) is 9.71. The number of benzene rings is 1. The lowest BCUT2D eigenvalue weighted by Gasteiger charge is -2.21. The highest BCUT2D eigenvalue weighted by Crippen LogP contribution is 2.25. The van der Waals surface area contributed by atoms with Crippen molar-refractivity contribution in [3.05, 3.63) is 64.1 Å². The summed E-state index contributed by atoms with van der Waals surface area (Å²) in [6, 6.07) is 8.13. The first kappa shape index (κ1) is 18.9. The van der Waals surface area contributed by atoms with Crippen molar-refractivity contribution < 1.29 is 18.5 Å². The molecule has 0 spiro atoms. The second-order valence-electron chi connectivity index (χ2n) is 7.42. The van der Waals surface area contributed by atoms with E-state index in [-0.39, 0.29) is 18.7 Å². The molecule has 1 fully saturated rings. The lowest BCUT2D eigenvalue weighted by molar-refractivity contribution is -0.135. The van der Waals surface area contributed by atoms with Gasteiger partial charge in [0.15, 0.2) is 5.58 Å². The van der Waals surface area contributed by atoms with Gasteiger partial charge < -0.3 is 8.94 Å². The molecule has 3 aromatic heterocycles. The van der Waals surface area contributed by atoms with Gasteiger partial charge in [0.2, 0.25) is 23.5 Å². The van der Waals surface area contributed by atoms with E-state index in [1.807, 2.05) is 19.1 Å². The number of piperidine rings is 1. The third-order valence-electron chi connectivity index (χ3n) is 5.16. The van der Waals surface area contributed by atoms with Gasteiger partial charge in [-0.3, -0.25) is 24.5 Å². The lowest BCUT2D eigenvalue weighted by Crippen LogP contribution is -2.43. The van der Waals surface area contributed by atoms with E-state index in [2.05, 4.69) is 20.4 Å². The molecule has 1 atom stereocenters. The minimum absolute atomic E-state index is 0.160. The molecule has 4 aromatic rings. The molecular weight excluding hydrogens is 402 g/mol. The van der Waals surface area contributed by atoms with Gasteiger partial charge in [-0.05, 0) is 42.7 Å². The van der Waals surface area contributed by atoms with Crippen molar-refractivity contribution in [2.45, 2.75) is 32.2 Å². The Balaban J connectivity index is 1.45. The number of pyridine rings is 1. The number of carbonyl (C=O) groups excluding carboxylic acids is 2. The number of rotatable bonds is 4. The molecule has 1 unspecified atom stereocenters. The Bertz CT molecular complexity index is 1370. The van der Waals surface area contributed by atoms with Crippen LogP contribution in [0.4, 0.5) is 0 Å². The molecule has 1 aromatic carbocycles. The first-order valence-electron chi connectivity index (χ1n) is 9.71. The molecule has 2 amide bonds. The van der Waals surface area contributed by atoms with Crippen LogP contribution >= 0.6 is 0 Å². The predicted octanol–water partition coefficient (Wildman–Crippen LogP) is 1.92. The highest BCUT2D eigenvalue weighted by molar-refractivity contribution is 6.00. The van der Waals surface area contributed by atoms with Crippen molar-refractivity contribution in [1.82, 2.24) is 25.0 Å². The fourth-order valence-electron chi connectivity index (χ4n) is 3.62. The molecule has 0 saturated carbocycles. The number of carbonyl (C=O) groups is 2. The van der Waals surface area contributed by atoms with Crippen LogP contribution in [0.1, 0.15) is 35.9 Å². The minimum atomic E-state index is -0.802. The number of fused-ring (bicyclic) bond motifs is 1. The van der Waals surface area contributed by atoms with E-state index in [9.17, 15) is 14.4 Å². The second kappa shape index (κ2) is 7.31. The summed E-state index contributed by atoms with van der Waals surface area (Å²) >= 11 is 0. The van der Waals surface area contributed by atoms with Crippen LogP contribution < -0.4 is 11.1 Å². The normalized spacial score (nSPS) is 16.6. The van der Waals surface area contributed by atoms with Gasteiger partial charge in [0.25, 0.3) is 0 Å². The SMILES string of the molecule is Cc1ccc(-c2noc(Cc3ccc4oc(=O)n(C5CCC(=O)NC5=O)c4c3)n2)nc1. The van der Waals surface area contributed by atoms with Gasteiger partial charge in [-0.1, -0.05) is 17.3 Å². The molecule has 5 rings (SSSR count). The van der Waals surface area contributed by atoms with Crippen LogP contribution in [0.2, 0.25) is 0 Å². The number of hydrogen-bond acceptors (Lipinski definition) is 8. The number of imide groups is 1. The van der Waals surface area contributed by atoms with Gasteiger partial charge in [0.1, 0.15) is 11.7 Å². The fraction of sp³-hybridized carbons (Fsp3) is 0.238. The zero-order chi connectivity index (χ0) is 21.5. The highest BCUT2D eigenvalue weighted by Gasteiger charge is 2.31. The maximum Gasteiger partial charge on any atom is 0.420 e. The second-order valence-corrected chi connectivity index (χ2v) is 7.42. The van der Waals surface area contributed by atoms with Crippen LogP contribution in [0.3, 0.4) is 0 Å². The van der Waals surface area contributed by atoms with Gasteiger partial charge in [0.05, 0.1) is 11.9 Å². The van der Waals surface area contributed by atoms with Crippen molar-refractivity contribution in [2.75, 3.05) is 0 Å². The zero-order valence-electron chi connectivity index (χ0n) is 16.5. The molecule has 1 aliphatic rings. The summed E-state index contributed by atoms with van der Waals surface area (Å²) in [4.78, 5) is 44.8. The van der Waals surface area contributed by atoms with E-state index in [0.717, 1.165) is 11.1 Å². The monoisotopic (exact) mass is 419 g/mol. The molecule has 10 heteroatoms. The zero-order valence-corrected chi connectivity index (χ0v) is 16.5. The molecule has 10 nitrogen and oxygen atoms in total. The quantitative estimate of drug-likeness (QED) is 0.496. The van der Waals surface area contributed by atoms with Crippen molar-refractivity contribution in [2.24, 2.45) is 0 Å². The molecule has 0 aliphatic carbocycles. The summed E-state index contributed by atoms with van der Waals surface area (Å²) in [6.45, 7) is 1.94. The Labute approximate surface area is 174 Å². The summed E-state index contributed by atoms with van der Waals surface area (Å²) in [5.74, 6) is -0.737. The van der Waals surface area contributed by atoms with Gasteiger partial charge in [0, 0.05) is 12.6 Å². The number of aromatic nitrogens is 4. The van der Waals surface area contributed by atoms with E-state index < -0.39 is 17.7 Å². The number of hydrogen-bond donors (Lipinski definition) is 1. The molecule has 0 radical (unpaired) electrons. The van der Waals surface area contributed by atoms with Crippen LogP contribution in [0.15, 0.2) is 50.3 Å². The average Bonchev–Trinajstić information content (AvgIpc) is 3.33. The molecule has 1 aliphatic heterocycles. The number of aryl methyl sites for hydroxylation is 1. The van der Waals surface area contributed by atoms with Crippen molar-refractivity contribution in [3.63, 3.8) is 0 Å². The Morgan fingerprint density at radius 3 is 2.84 bits per heavy atom. The topological polar surface area (TPSA) is 133 Å². The van der Waals surface area contributed by atoms with Crippen LogP contribution in [0.25, 0.3) is 22.6 Å². The number of nitrogens with zero attached hydrogens (tertiary/aromatic N) is 4. The molecule has 156 valence electrons. The molecule has 1 N–H and O–H groups in total. The maximum atomic E-state index is 12.4. The average molecular weight is 419 g/mol. The number of amides is 2. The van der Waals surface area contributed by atoms with Crippen LogP contribution in [0, 0.1) is 6.92 Å². The third-order valence-corrected chi connectivity index (χ3v) is 5.16. The van der Waals surface area contributed by atoms with Crippen LogP contribution in [0.5, 0.6) is 0 Å². The Morgan fingerprint density at radius 2 is 2.06 bits per heavy atom. The fourth-order valence-corrected chi connectivity index (χ4v) is 3.62. The molecular formula is C21H17N5O5. The summed E-state index contributed by atoms with van der Waals surface area (Å²) in [5.41, 5.74) is 3.26. The molecule has 1 saturated heterocycles. The maximum absolute atomic E-state index is 12.4.